The van der Waals surface area contributed by atoms with Crippen LogP contribution in [0.5, 0.6) is 0 Å². The number of nitrogens with zero attached hydrogens (tertiary/aromatic N) is 3. The zero-order valence-electron chi connectivity index (χ0n) is 11.6. The minimum Gasteiger partial charge on any atom is -0.469 e. The highest BCUT2D eigenvalue weighted by Crippen LogP contribution is 2.33. The van der Waals surface area contributed by atoms with E-state index in [0.29, 0.717) is 6.04 Å². The first kappa shape index (κ1) is 12.2. The molecule has 0 fully saturated rings. The summed E-state index contributed by atoms with van der Waals surface area (Å²) < 4.78 is 7.27. The van der Waals surface area contributed by atoms with Gasteiger partial charge in [-0.3, -0.25) is 0 Å². The standard InChI is InChI=1S/C16H16N4O/c1-3-14(13-7-10-21-15(13)4-1)19-12-5-6-16(17-11-12)20-9-2-8-18-20/h2,5-11,14,19H,1,3-4H2. The Morgan fingerprint density at radius 1 is 1.29 bits per heavy atom. The Balaban J connectivity index is 1.54. The van der Waals surface area contributed by atoms with E-state index >= 15 is 0 Å². The molecule has 1 atom stereocenters. The van der Waals surface area contributed by atoms with Crippen molar-refractivity contribution in [3.63, 3.8) is 0 Å². The second-order valence-corrected chi connectivity index (χ2v) is 5.24. The maximum Gasteiger partial charge on any atom is 0.153 e. The van der Waals surface area contributed by atoms with Gasteiger partial charge in [-0.1, -0.05) is 0 Å². The molecule has 4 rings (SSSR count). The van der Waals surface area contributed by atoms with Crippen molar-refractivity contribution in [2.45, 2.75) is 25.3 Å². The third-order valence-corrected chi connectivity index (χ3v) is 3.88. The van der Waals surface area contributed by atoms with Crippen LogP contribution in [0, 0.1) is 0 Å². The molecule has 1 aliphatic carbocycles. The summed E-state index contributed by atoms with van der Waals surface area (Å²) in [5, 5.41) is 7.72. The lowest BCUT2D eigenvalue weighted by Gasteiger charge is -2.23. The Morgan fingerprint density at radius 2 is 2.29 bits per heavy atom. The molecule has 0 aromatic carbocycles. The van der Waals surface area contributed by atoms with Gasteiger partial charge in [-0.15, -0.1) is 0 Å². The van der Waals surface area contributed by atoms with E-state index in [-0.39, 0.29) is 0 Å². The Hall–Kier alpha value is -2.56. The minimum atomic E-state index is 0.310. The molecule has 3 heterocycles. The van der Waals surface area contributed by atoms with E-state index in [1.54, 1.807) is 17.1 Å². The van der Waals surface area contributed by atoms with Gasteiger partial charge in [0.25, 0.3) is 0 Å². The van der Waals surface area contributed by atoms with Crippen LogP contribution in [0.1, 0.15) is 30.2 Å². The molecule has 0 bridgehead atoms. The Morgan fingerprint density at radius 3 is 3.10 bits per heavy atom. The van der Waals surface area contributed by atoms with Gasteiger partial charge in [-0.25, -0.2) is 9.67 Å². The highest BCUT2D eigenvalue weighted by molar-refractivity contribution is 5.46. The SMILES string of the molecule is c1cnn(-c2ccc(NC3CCCc4occc43)cn2)c1. The topological polar surface area (TPSA) is 55.9 Å². The van der Waals surface area contributed by atoms with Gasteiger partial charge in [0.05, 0.1) is 24.2 Å². The van der Waals surface area contributed by atoms with Crippen molar-refractivity contribution < 1.29 is 4.42 Å². The predicted octanol–water partition coefficient (Wildman–Crippen LogP) is 3.35. The lowest BCUT2D eigenvalue weighted by atomic mass is 9.93. The van der Waals surface area contributed by atoms with Crippen LogP contribution >= 0.6 is 0 Å². The summed E-state index contributed by atoms with van der Waals surface area (Å²) in [4.78, 5) is 4.44. The average Bonchev–Trinajstić information content (AvgIpc) is 3.20. The van der Waals surface area contributed by atoms with Gasteiger partial charge in [-0.05, 0) is 37.1 Å². The van der Waals surface area contributed by atoms with E-state index < -0.39 is 0 Å². The number of hydrogen-bond acceptors (Lipinski definition) is 4. The average molecular weight is 280 g/mol. The number of anilines is 1. The Kier molecular flexibility index (Phi) is 2.96. The molecule has 0 radical (unpaired) electrons. The molecule has 1 aliphatic rings. The summed E-state index contributed by atoms with van der Waals surface area (Å²) in [7, 11) is 0. The second kappa shape index (κ2) is 5.09. The van der Waals surface area contributed by atoms with E-state index in [0.717, 1.165) is 36.5 Å². The number of hydrogen-bond donors (Lipinski definition) is 1. The summed E-state index contributed by atoms with van der Waals surface area (Å²) in [5.41, 5.74) is 2.29. The molecule has 3 aromatic rings. The first-order chi connectivity index (χ1) is 10.4. The number of aromatic nitrogens is 3. The minimum absolute atomic E-state index is 0.310. The number of furan rings is 1. The molecule has 3 aromatic heterocycles. The van der Waals surface area contributed by atoms with Gasteiger partial charge >= 0.3 is 0 Å². The van der Waals surface area contributed by atoms with Crippen molar-refractivity contribution in [1.29, 1.82) is 0 Å². The summed E-state index contributed by atoms with van der Waals surface area (Å²) in [5.74, 6) is 1.93. The van der Waals surface area contributed by atoms with Crippen molar-refractivity contribution in [2.24, 2.45) is 0 Å². The highest BCUT2D eigenvalue weighted by Gasteiger charge is 2.22. The van der Waals surface area contributed by atoms with Crippen LogP contribution in [0.3, 0.4) is 0 Å². The zero-order chi connectivity index (χ0) is 14.1. The monoisotopic (exact) mass is 280 g/mol. The number of fused-ring (bicyclic) bond motifs is 1. The third-order valence-electron chi connectivity index (χ3n) is 3.88. The van der Waals surface area contributed by atoms with Crippen molar-refractivity contribution in [1.82, 2.24) is 14.8 Å². The van der Waals surface area contributed by atoms with Crippen molar-refractivity contribution >= 4 is 5.69 Å². The molecule has 0 spiro atoms. The molecule has 0 amide bonds. The molecule has 1 N–H and O–H groups in total. The van der Waals surface area contributed by atoms with Gasteiger partial charge < -0.3 is 9.73 Å². The summed E-state index contributed by atoms with van der Waals surface area (Å²) in [6, 6.07) is 8.27. The molecule has 0 saturated heterocycles. The zero-order valence-corrected chi connectivity index (χ0v) is 11.6. The molecule has 0 saturated carbocycles. The quantitative estimate of drug-likeness (QED) is 0.799. The first-order valence-corrected chi connectivity index (χ1v) is 7.19. The van der Waals surface area contributed by atoms with E-state index in [9.17, 15) is 0 Å². The lowest BCUT2D eigenvalue weighted by Crippen LogP contribution is -2.16. The van der Waals surface area contributed by atoms with Crippen LogP contribution in [0.2, 0.25) is 0 Å². The molecular formula is C16H16N4O. The Labute approximate surface area is 122 Å². The van der Waals surface area contributed by atoms with Crippen LogP contribution in [-0.2, 0) is 6.42 Å². The molecule has 106 valence electrons. The largest absolute Gasteiger partial charge is 0.469 e. The fourth-order valence-electron chi connectivity index (χ4n) is 2.85. The molecule has 5 nitrogen and oxygen atoms in total. The molecule has 21 heavy (non-hydrogen) atoms. The van der Waals surface area contributed by atoms with Crippen LogP contribution in [0.15, 0.2) is 53.5 Å². The van der Waals surface area contributed by atoms with Crippen molar-refractivity contribution in [3.8, 4) is 5.82 Å². The molecular weight excluding hydrogens is 264 g/mol. The number of aryl methyl sites for hydroxylation is 1. The predicted molar refractivity (Wildman–Crippen MR) is 79.4 cm³/mol. The number of nitrogens with one attached hydrogen (secondary N) is 1. The van der Waals surface area contributed by atoms with Gasteiger partial charge in [0.15, 0.2) is 5.82 Å². The number of pyridine rings is 1. The van der Waals surface area contributed by atoms with Crippen LogP contribution in [-0.4, -0.2) is 14.8 Å². The maximum absolute atomic E-state index is 5.52. The molecule has 1 unspecified atom stereocenters. The summed E-state index contributed by atoms with van der Waals surface area (Å²) in [6.45, 7) is 0. The summed E-state index contributed by atoms with van der Waals surface area (Å²) in [6.07, 6.45) is 10.6. The van der Waals surface area contributed by atoms with Gasteiger partial charge in [-0.2, -0.15) is 5.10 Å². The van der Waals surface area contributed by atoms with Crippen molar-refractivity contribution in [3.05, 3.63) is 60.4 Å². The van der Waals surface area contributed by atoms with E-state index in [1.165, 1.54) is 5.56 Å². The van der Waals surface area contributed by atoms with Crippen molar-refractivity contribution in [2.75, 3.05) is 5.32 Å². The fourth-order valence-corrected chi connectivity index (χ4v) is 2.85. The molecule has 0 aliphatic heterocycles. The van der Waals surface area contributed by atoms with Crippen LogP contribution in [0.4, 0.5) is 5.69 Å². The van der Waals surface area contributed by atoms with E-state index in [1.807, 2.05) is 30.6 Å². The smallest absolute Gasteiger partial charge is 0.153 e. The van der Waals surface area contributed by atoms with E-state index in [2.05, 4.69) is 21.5 Å². The van der Waals surface area contributed by atoms with E-state index in [4.69, 9.17) is 4.42 Å². The first-order valence-electron chi connectivity index (χ1n) is 7.19. The second-order valence-electron chi connectivity index (χ2n) is 5.24. The Bertz CT molecular complexity index is 715. The highest BCUT2D eigenvalue weighted by atomic mass is 16.3. The van der Waals surface area contributed by atoms with Gasteiger partial charge in [0, 0.05) is 24.4 Å². The maximum atomic E-state index is 5.52. The molecule has 5 heteroatoms. The van der Waals surface area contributed by atoms with Crippen LogP contribution in [0.25, 0.3) is 5.82 Å². The normalized spacial score (nSPS) is 17.4. The fraction of sp³-hybridized carbons (Fsp3) is 0.250. The number of rotatable bonds is 3. The lowest BCUT2D eigenvalue weighted by molar-refractivity contribution is 0.461. The summed E-state index contributed by atoms with van der Waals surface area (Å²) >= 11 is 0. The van der Waals surface area contributed by atoms with Crippen LogP contribution < -0.4 is 5.32 Å². The van der Waals surface area contributed by atoms with Gasteiger partial charge in [0.2, 0.25) is 0 Å². The van der Waals surface area contributed by atoms with Gasteiger partial charge in [0.1, 0.15) is 5.76 Å². The third kappa shape index (κ3) is 2.31.